The first kappa shape index (κ1) is 21.1. The molecule has 32 heavy (non-hydrogen) atoms. The molecule has 0 aliphatic rings. The second-order valence-electron chi connectivity index (χ2n) is 6.58. The van der Waals surface area contributed by atoms with Gasteiger partial charge in [-0.15, -0.1) is 0 Å². The van der Waals surface area contributed by atoms with E-state index in [1.165, 1.54) is 0 Å². The summed E-state index contributed by atoms with van der Waals surface area (Å²) in [4.78, 5) is 13.3. The van der Waals surface area contributed by atoms with Crippen LogP contribution in [0.5, 0.6) is 5.75 Å². The van der Waals surface area contributed by atoms with E-state index in [1.54, 1.807) is 25.5 Å². The molecule has 0 spiro atoms. The first-order chi connectivity index (χ1) is 15.7. The van der Waals surface area contributed by atoms with Gasteiger partial charge in [-0.2, -0.15) is 20.1 Å². The highest BCUT2D eigenvalue weighted by molar-refractivity contribution is 6.30. The van der Waals surface area contributed by atoms with Gasteiger partial charge < -0.3 is 15.4 Å². The Bertz CT molecular complexity index is 1200. The van der Waals surface area contributed by atoms with Crippen LogP contribution in [0.1, 0.15) is 5.56 Å². The van der Waals surface area contributed by atoms with Crippen molar-refractivity contribution < 1.29 is 4.74 Å². The minimum absolute atomic E-state index is 0.271. The lowest BCUT2D eigenvalue weighted by molar-refractivity contribution is 0.415. The van der Waals surface area contributed by atoms with Crippen molar-refractivity contribution in [2.75, 3.05) is 23.2 Å². The van der Waals surface area contributed by atoms with Gasteiger partial charge >= 0.3 is 0 Å². The fourth-order valence-corrected chi connectivity index (χ4v) is 2.94. The summed E-state index contributed by atoms with van der Waals surface area (Å²) < 4.78 is 5.20. The van der Waals surface area contributed by atoms with Crippen LogP contribution >= 0.6 is 11.6 Å². The lowest BCUT2D eigenvalue weighted by atomic mass is 10.2. The lowest BCUT2D eigenvalue weighted by Gasteiger charge is -2.10. The number of methoxy groups -OCH3 is 1. The first-order valence-electron chi connectivity index (χ1n) is 9.72. The van der Waals surface area contributed by atoms with Gasteiger partial charge in [0.25, 0.3) is 0 Å². The second-order valence-corrected chi connectivity index (χ2v) is 7.01. The molecule has 4 aromatic rings. The van der Waals surface area contributed by atoms with Crippen LogP contribution in [0.3, 0.4) is 0 Å². The number of hydrogen-bond acceptors (Lipinski definition) is 8. The molecule has 1 heterocycles. The summed E-state index contributed by atoms with van der Waals surface area (Å²) >= 11 is 6.02. The molecule has 3 aromatic carbocycles. The van der Waals surface area contributed by atoms with Gasteiger partial charge in [0.05, 0.1) is 13.3 Å². The molecule has 0 aliphatic heterocycles. The van der Waals surface area contributed by atoms with Gasteiger partial charge in [0, 0.05) is 16.4 Å². The molecule has 1 aromatic heterocycles. The van der Waals surface area contributed by atoms with E-state index in [2.05, 4.69) is 36.1 Å². The molecular weight excluding hydrogens is 426 g/mol. The predicted molar refractivity (Wildman–Crippen MR) is 128 cm³/mol. The highest BCUT2D eigenvalue weighted by Crippen LogP contribution is 2.20. The topological polar surface area (TPSA) is 96.4 Å². The molecule has 8 nitrogen and oxygen atoms in total. The summed E-state index contributed by atoms with van der Waals surface area (Å²) in [6, 6.07) is 24.4. The van der Waals surface area contributed by atoms with Crippen LogP contribution in [0.4, 0.5) is 29.2 Å². The number of nitrogens with zero attached hydrogens (tertiary/aromatic N) is 4. The molecule has 3 N–H and O–H groups in total. The summed E-state index contributed by atoms with van der Waals surface area (Å²) in [6.45, 7) is 0. The first-order valence-corrected chi connectivity index (χ1v) is 10.1. The zero-order valence-corrected chi connectivity index (χ0v) is 17.9. The maximum Gasteiger partial charge on any atom is 0.250 e. The van der Waals surface area contributed by atoms with Crippen LogP contribution in [-0.4, -0.2) is 28.3 Å². The average Bonchev–Trinajstić information content (AvgIpc) is 2.80. The number of anilines is 5. The van der Waals surface area contributed by atoms with Crippen LogP contribution in [0.25, 0.3) is 0 Å². The van der Waals surface area contributed by atoms with Crippen LogP contribution in [-0.2, 0) is 0 Å². The summed E-state index contributed by atoms with van der Waals surface area (Å²) in [6.07, 6.45) is 1.64. The number of hydrogen-bond donors (Lipinski definition) is 3. The monoisotopic (exact) mass is 445 g/mol. The van der Waals surface area contributed by atoms with E-state index in [1.807, 2.05) is 66.7 Å². The number of para-hydroxylation sites is 1. The number of halogens is 1. The third-order valence-electron chi connectivity index (χ3n) is 4.24. The van der Waals surface area contributed by atoms with Crippen LogP contribution in [0, 0.1) is 0 Å². The highest BCUT2D eigenvalue weighted by Gasteiger charge is 2.08. The van der Waals surface area contributed by atoms with Gasteiger partial charge in [0.15, 0.2) is 0 Å². The van der Waals surface area contributed by atoms with Crippen molar-refractivity contribution in [2.45, 2.75) is 0 Å². The van der Waals surface area contributed by atoms with Gasteiger partial charge in [-0.1, -0.05) is 41.9 Å². The zero-order chi connectivity index (χ0) is 22.2. The molecule has 9 heteroatoms. The van der Waals surface area contributed by atoms with E-state index in [4.69, 9.17) is 16.3 Å². The maximum absolute atomic E-state index is 6.02. The standard InChI is InChI=1S/C23H20ClN7O/c1-32-20-12-10-19(11-13-20)27-22-28-21(26-18-8-3-2-4-9-18)29-23(30-22)31-25-15-16-6-5-7-17(24)14-16/h2-15H,1H3,(H3,26,27,28,29,30,31)/b25-15+. The Morgan fingerprint density at radius 2 is 1.44 bits per heavy atom. The average molecular weight is 446 g/mol. The summed E-state index contributed by atoms with van der Waals surface area (Å²) in [7, 11) is 1.62. The number of rotatable bonds is 8. The highest BCUT2D eigenvalue weighted by atomic mass is 35.5. The Morgan fingerprint density at radius 1 is 0.781 bits per heavy atom. The van der Waals surface area contributed by atoms with Crippen LogP contribution in [0.15, 0.2) is 84.0 Å². The van der Waals surface area contributed by atoms with Gasteiger partial charge in [0.1, 0.15) is 5.75 Å². The van der Waals surface area contributed by atoms with Gasteiger partial charge in [0.2, 0.25) is 17.8 Å². The third kappa shape index (κ3) is 5.93. The molecule has 0 saturated heterocycles. The van der Waals surface area contributed by atoms with Crippen molar-refractivity contribution in [2.24, 2.45) is 5.10 Å². The van der Waals surface area contributed by atoms with Gasteiger partial charge in [-0.25, -0.2) is 5.43 Å². The molecule has 0 amide bonds. The van der Waals surface area contributed by atoms with Crippen LogP contribution in [0.2, 0.25) is 5.02 Å². The SMILES string of the molecule is COc1ccc(Nc2nc(N/N=C/c3cccc(Cl)c3)nc(Nc3ccccc3)n2)cc1. The number of hydrazone groups is 1. The van der Waals surface area contributed by atoms with Crippen molar-refractivity contribution in [3.05, 3.63) is 89.4 Å². The molecular formula is C23H20ClN7O. The molecule has 0 fully saturated rings. The maximum atomic E-state index is 6.02. The van der Waals surface area contributed by atoms with Crippen molar-refractivity contribution >= 4 is 47.0 Å². The summed E-state index contributed by atoms with van der Waals surface area (Å²) in [5.41, 5.74) is 5.34. The number of nitrogens with one attached hydrogen (secondary N) is 3. The number of benzene rings is 3. The molecule has 0 bridgehead atoms. The van der Waals surface area contributed by atoms with Gasteiger partial charge in [-0.05, 0) is 54.1 Å². The molecule has 0 radical (unpaired) electrons. The van der Waals surface area contributed by atoms with Crippen molar-refractivity contribution in [1.82, 2.24) is 15.0 Å². The molecule has 0 saturated carbocycles. The zero-order valence-electron chi connectivity index (χ0n) is 17.2. The number of ether oxygens (including phenoxy) is 1. The Labute approximate surface area is 190 Å². The Hall–Kier alpha value is -4.17. The van der Waals surface area contributed by atoms with Crippen molar-refractivity contribution in [1.29, 1.82) is 0 Å². The van der Waals surface area contributed by atoms with E-state index < -0.39 is 0 Å². The number of aromatic nitrogens is 3. The van der Waals surface area contributed by atoms with Crippen molar-refractivity contribution in [3.63, 3.8) is 0 Å². The summed E-state index contributed by atoms with van der Waals surface area (Å²) in [5, 5.41) is 11.2. The fourth-order valence-electron chi connectivity index (χ4n) is 2.74. The Kier molecular flexibility index (Phi) is 6.74. The quantitative estimate of drug-likeness (QED) is 0.244. The van der Waals surface area contributed by atoms with E-state index in [-0.39, 0.29) is 5.95 Å². The minimum atomic E-state index is 0.271. The molecule has 0 atom stereocenters. The van der Waals surface area contributed by atoms with E-state index in [9.17, 15) is 0 Å². The Balaban J connectivity index is 1.57. The lowest BCUT2D eigenvalue weighted by Crippen LogP contribution is -2.07. The van der Waals surface area contributed by atoms with E-state index in [0.29, 0.717) is 16.9 Å². The van der Waals surface area contributed by atoms with Crippen molar-refractivity contribution in [3.8, 4) is 5.75 Å². The molecule has 4 rings (SSSR count). The minimum Gasteiger partial charge on any atom is -0.497 e. The summed E-state index contributed by atoms with van der Waals surface area (Å²) in [5.74, 6) is 1.75. The normalized spacial score (nSPS) is 10.7. The van der Waals surface area contributed by atoms with Crippen LogP contribution < -0.4 is 20.8 Å². The molecule has 0 aliphatic carbocycles. The second kappa shape index (κ2) is 10.2. The van der Waals surface area contributed by atoms with E-state index >= 15 is 0 Å². The smallest absolute Gasteiger partial charge is 0.250 e. The van der Waals surface area contributed by atoms with Gasteiger partial charge in [-0.3, -0.25) is 0 Å². The molecule has 160 valence electrons. The Morgan fingerprint density at radius 3 is 2.09 bits per heavy atom. The largest absolute Gasteiger partial charge is 0.497 e. The predicted octanol–water partition coefficient (Wildman–Crippen LogP) is 5.47. The van der Waals surface area contributed by atoms with E-state index in [0.717, 1.165) is 22.7 Å². The fraction of sp³-hybridized carbons (Fsp3) is 0.0435. The molecule has 0 unspecified atom stereocenters. The third-order valence-corrected chi connectivity index (χ3v) is 4.47.